The van der Waals surface area contributed by atoms with Crippen LogP contribution in [-0.2, 0) is 0 Å². The smallest absolute Gasteiger partial charge is 0.253 e. The molecule has 80 valence electrons. The Morgan fingerprint density at radius 1 is 1.40 bits per heavy atom. The molecule has 0 radical (unpaired) electrons. The second-order valence-corrected chi connectivity index (χ2v) is 3.64. The first-order valence-corrected chi connectivity index (χ1v) is 5.24. The van der Waals surface area contributed by atoms with Crippen molar-refractivity contribution in [3.8, 4) is 0 Å². The number of thiol groups is 1. The van der Waals surface area contributed by atoms with Gasteiger partial charge in [-0.2, -0.15) is 12.6 Å². The number of aldehydes is 1. The van der Waals surface area contributed by atoms with Crippen LogP contribution in [0.4, 0.5) is 0 Å². The van der Waals surface area contributed by atoms with Crippen molar-refractivity contribution in [2.45, 2.75) is 0 Å². The van der Waals surface area contributed by atoms with Crippen molar-refractivity contribution >= 4 is 24.8 Å². The van der Waals surface area contributed by atoms with Gasteiger partial charge >= 0.3 is 0 Å². The van der Waals surface area contributed by atoms with Crippen LogP contribution >= 0.6 is 12.6 Å². The molecule has 0 aliphatic carbocycles. The van der Waals surface area contributed by atoms with Gasteiger partial charge in [0.05, 0.1) is 0 Å². The summed E-state index contributed by atoms with van der Waals surface area (Å²) < 4.78 is 0. The normalized spacial score (nSPS) is 9.73. The molecule has 15 heavy (non-hydrogen) atoms. The fourth-order valence-corrected chi connectivity index (χ4v) is 1.48. The largest absolute Gasteiger partial charge is 0.341 e. The minimum absolute atomic E-state index is 0.0542. The van der Waals surface area contributed by atoms with E-state index in [0.29, 0.717) is 23.4 Å². The van der Waals surface area contributed by atoms with E-state index in [1.54, 1.807) is 36.2 Å². The Morgan fingerprint density at radius 3 is 2.47 bits per heavy atom. The summed E-state index contributed by atoms with van der Waals surface area (Å²) in [5, 5.41) is 0. The predicted octanol–water partition coefficient (Wildman–Crippen LogP) is 1.50. The molecule has 0 atom stereocenters. The summed E-state index contributed by atoms with van der Waals surface area (Å²) in [6, 6.07) is 6.58. The van der Waals surface area contributed by atoms with Crippen LogP contribution in [0.5, 0.6) is 0 Å². The lowest BCUT2D eigenvalue weighted by molar-refractivity contribution is 0.0803. The first kappa shape index (κ1) is 11.8. The van der Waals surface area contributed by atoms with E-state index < -0.39 is 0 Å². The van der Waals surface area contributed by atoms with Crippen molar-refractivity contribution < 1.29 is 9.59 Å². The van der Waals surface area contributed by atoms with E-state index in [0.717, 1.165) is 6.29 Å². The van der Waals surface area contributed by atoms with E-state index in [-0.39, 0.29) is 5.91 Å². The summed E-state index contributed by atoms with van der Waals surface area (Å²) in [6.07, 6.45) is 0.756. The number of benzene rings is 1. The molecule has 0 saturated carbocycles. The second kappa shape index (κ2) is 5.56. The Hall–Kier alpha value is -1.29. The molecule has 1 aromatic carbocycles. The molecule has 4 heteroatoms. The Balaban J connectivity index is 2.78. The molecule has 0 heterocycles. The number of hydrogen-bond donors (Lipinski definition) is 1. The minimum Gasteiger partial charge on any atom is -0.341 e. The van der Waals surface area contributed by atoms with E-state index >= 15 is 0 Å². The van der Waals surface area contributed by atoms with Gasteiger partial charge in [0, 0.05) is 30.5 Å². The molecule has 1 rings (SSSR count). The molecule has 1 aromatic rings. The first-order chi connectivity index (χ1) is 7.19. The average Bonchev–Trinajstić information content (AvgIpc) is 2.28. The maximum absolute atomic E-state index is 11.7. The molecule has 0 aliphatic heterocycles. The van der Waals surface area contributed by atoms with Crippen LogP contribution in [-0.4, -0.2) is 36.4 Å². The monoisotopic (exact) mass is 223 g/mol. The van der Waals surface area contributed by atoms with Crippen molar-refractivity contribution in [2.24, 2.45) is 0 Å². The Labute approximate surface area is 94.5 Å². The van der Waals surface area contributed by atoms with E-state index in [9.17, 15) is 9.59 Å². The summed E-state index contributed by atoms with van der Waals surface area (Å²) in [4.78, 5) is 23.8. The van der Waals surface area contributed by atoms with Gasteiger partial charge in [-0.15, -0.1) is 0 Å². The highest BCUT2D eigenvalue weighted by atomic mass is 32.1. The van der Waals surface area contributed by atoms with Crippen molar-refractivity contribution in [2.75, 3.05) is 19.3 Å². The fourth-order valence-electron chi connectivity index (χ4n) is 1.18. The highest BCUT2D eigenvalue weighted by Gasteiger charge is 2.09. The number of rotatable bonds is 4. The lowest BCUT2D eigenvalue weighted by Gasteiger charge is -2.15. The number of hydrogen-bond acceptors (Lipinski definition) is 3. The number of nitrogens with zero attached hydrogens (tertiary/aromatic N) is 1. The number of amides is 1. The Bertz CT molecular complexity index is 348. The topological polar surface area (TPSA) is 37.4 Å². The molecule has 3 nitrogen and oxygen atoms in total. The zero-order valence-corrected chi connectivity index (χ0v) is 9.41. The van der Waals surface area contributed by atoms with E-state index in [1.165, 1.54) is 0 Å². The maximum Gasteiger partial charge on any atom is 0.253 e. The third kappa shape index (κ3) is 3.09. The second-order valence-electron chi connectivity index (χ2n) is 3.19. The summed E-state index contributed by atoms with van der Waals surface area (Å²) in [7, 11) is 1.73. The predicted molar refractivity (Wildman–Crippen MR) is 62.6 cm³/mol. The fraction of sp³-hybridized carbons (Fsp3) is 0.273. The van der Waals surface area contributed by atoms with Gasteiger partial charge in [0.25, 0.3) is 5.91 Å². The molecule has 1 amide bonds. The molecule has 0 aliphatic rings. The molecule has 0 unspecified atom stereocenters. The minimum atomic E-state index is -0.0542. The molecule has 0 bridgehead atoms. The third-order valence-electron chi connectivity index (χ3n) is 2.08. The standard InChI is InChI=1S/C11H13NO2S/c1-12(6-7-15)11(14)10-4-2-9(8-13)3-5-10/h2-5,8,15H,6-7H2,1H3. The molecule has 0 N–H and O–H groups in total. The van der Waals surface area contributed by atoms with Crippen molar-refractivity contribution in [3.05, 3.63) is 35.4 Å². The highest BCUT2D eigenvalue weighted by molar-refractivity contribution is 7.80. The SMILES string of the molecule is CN(CCS)C(=O)c1ccc(C=O)cc1. The molecule has 0 fully saturated rings. The Kier molecular flexibility index (Phi) is 4.37. The average molecular weight is 223 g/mol. The molecular formula is C11H13NO2S. The lowest BCUT2D eigenvalue weighted by Crippen LogP contribution is -2.28. The molecule has 0 spiro atoms. The van der Waals surface area contributed by atoms with Gasteiger partial charge in [0.1, 0.15) is 6.29 Å². The molecular weight excluding hydrogens is 210 g/mol. The van der Waals surface area contributed by atoms with E-state index in [4.69, 9.17) is 0 Å². The maximum atomic E-state index is 11.7. The summed E-state index contributed by atoms with van der Waals surface area (Å²) in [6.45, 7) is 0.609. The number of carbonyl (C=O) groups is 2. The van der Waals surface area contributed by atoms with Crippen LogP contribution in [0.25, 0.3) is 0 Å². The highest BCUT2D eigenvalue weighted by Crippen LogP contribution is 2.05. The van der Waals surface area contributed by atoms with Crippen LogP contribution in [0.15, 0.2) is 24.3 Å². The zero-order chi connectivity index (χ0) is 11.3. The van der Waals surface area contributed by atoms with Crippen molar-refractivity contribution in [3.63, 3.8) is 0 Å². The van der Waals surface area contributed by atoms with Crippen LogP contribution in [0.2, 0.25) is 0 Å². The van der Waals surface area contributed by atoms with E-state index in [1.807, 2.05) is 0 Å². The number of carbonyl (C=O) groups excluding carboxylic acids is 2. The summed E-state index contributed by atoms with van der Waals surface area (Å²) in [5.41, 5.74) is 1.16. The van der Waals surface area contributed by atoms with Gasteiger partial charge in [-0.25, -0.2) is 0 Å². The van der Waals surface area contributed by atoms with Crippen LogP contribution < -0.4 is 0 Å². The van der Waals surface area contributed by atoms with Gasteiger partial charge < -0.3 is 4.90 Å². The first-order valence-electron chi connectivity index (χ1n) is 4.60. The van der Waals surface area contributed by atoms with Crippen molar-refractivity contribution in [1.82, 2.24) is 4.90 Å². The summed E-state index contributed by atoms with van der Waals surface area (Å²) >= 11 is 4.06. The lowest BCUT2D eigenvalue weighted by atomic mass is 10.1. The zero-order valence-electron chi connectivity index (χ0n) is 8.51. The summed E-state index contributed by atoms with van der Waals surface area (Å²) in [5.74, 6) is 0.579. The van der Waals surface area contributed by atoms with Gasteiger partial charge in [-0.3, -0.25) is 9.59 Å². The van der Waals surface area contributed by atoms with Gasteiger partial charge in [0.2, 0.25) is 0 Å². The van der Waals surface area contributed by atoms with Gasteiger partial charge in [0.15, 0.2) is 0 Å². The van der Waals surface area contributed by atoms with Gasteiger partial charge in [-0.05, 0) is 12.1 Å². The van der Waals surface area contributed by atoms with Gasteiger partial charge in [-0.1, -0.05) is 12.1 Å². The Morgan fingerprint density at radius 2 is 2.00 bits per heavy atom. The molecule has 0 saturated heterocycles. The van der Waals surface area contributed by atoms with Crippen molar-refractivity contribution in [1.29, 1.82) is 0 Å². The molecule has 0 aromatic heterocycles. The quantitative estimate of drug-likeness (QED) is 0.620. The van der Waals surface area contributed by atoms with Crippen LogP contribution in [0.1, 0.15) is 20.7 Å². The van der Waals surface area contributed by atoms with Crippen LogP contribution in [0, 0.1) is 0 Å². The van der Waals surface area contributed by atoms with Crippen LogP contribution in [0.3, 0.4) is 0 Å². The third-order valence-corrected chi connectivity index (χ3v) is 2.28. The van der Waals surface area contributed by atoms with E-state index in [2.05, 4.69) is 12.6 Å².